The number of hydrogen-bond donors (Lipinski definition) is 1. The lowest BCUT2D eigenvalue weighted by Gasteiger charge is -2.51. The van der Waals surface area contributed by atoms with Gasteiger partial charge in [-0.15, -0.1) is 0 Å². The van der Waals surface area contributed by atoms with Crippen molar-refractivity contribution in [3.05, 3.63) is 23.6 Å². The number of nitrogens with zero attached hydrogens (tertiary/aromatic N) is 2. The number of ether oxygens (including phenoxy) is 3. The Kier molecular flexibility index (Phi) is 5.56. The third-order valence-electron chi connectivity index (χ3n) is 7.14. The van der Waals surface area contributed by atoms with Crippen molar-refractivity contribution in [1.29, 1.82) is 0 Å². The van der Waals surface area contributed by atoms with Crippen molar-refractivity contribution in [2.45, 2.75) is 62.1 Å². The van der Waals surface area contributed by atoms with Crippen molar-refractivity contribution in [1.82, 2.24) is 15.2 Å². The summed E-state index contributed by atoms with van der Waals surface area (Å²) in [4.78, 5) is 31.3. The fourth-order valence-electron chi connectivity index (χ4n) is 5.60. The fourth-order valence-corrected chi connectivity index (χ4v) is 5.60. The number of morpholine rings is 1. The molecule has 1 N–H and O–H groups in total. The van der Waals surface area contributed by atoms with Gasteiger partial charge in [-0.1, -0.05) is 0 Å². The Morgan fingerprint density at radius 1 is 1.19 bits per heavy atom. The molecule has 3 fully saturated rings. The molecule has 1 spiro atoms. The van der Waals surface area contributed by atoms with Crippen LogP contribution in [0.15, 0.2) is 12.3 Å². The number of pyridine rings is 1. The average Bonchev–Trinajstić information content (AvgIpc) is 2.78. The van der Waals surface area contributed by atoms with Crippen molar-refractivity contribution in [2.75, 3.05) is 33.0 Å². The van der Waals surface area contributed by atoms with Crippen LogP contribution in [-0.2, 0) is 19.1 Å². The molecule has 5 heterocycles. The van der Waals surface area contributed by atoms with E-state index in [0.29, 0.717) is 25.3 Å². The molecule has 31 heavy (non-hydrogen) atoms. The Balaban J connectivity index is 1.47. The van der Waals surface area contributed by atoms with Crippen molar-refractivity contribution in [3.8, 4) is 5.88 Å². The van der Waals surface area contributed by atoms with E-state index < -0.39 is 5.54 Å². The highest BCUT2D eigenvalue weighted by Gasteiger charge is 2.50. The summed E-state index contributed by atoms with van der Waals surface area (Å²) in [5, 5.41) is 3.10. The van der Waals surface area contributed by atoms with Gasteiger partial charge in [0.15, 0.2) is 6.61 Å². The number of hydrogen-bond acceptors (Lipinski definition) is 6. The number of carbonyl (C=O) groups is 2. The van der Waals surface area contributed by atoms with Crippen LogP contribution < -0.4 is 10.1 Å². The van der Waals surface area contributed by atoms with E-state index in [9.17, 15) is 14.0 Å². The van der Waals surface area contributed by atoms with Gasteiger partial charge in [0, 0.05) is 12.7 Å². The van der Waals surface area contributed by atoms with Gasteiger partial charge < -0.3 is 24.4 Å². The van der Waals surface area contributed by atoms with Crippen LogP contribution >= 0.6 is 0 Å². The van der Waals surface area contributed by atoms with Crippen LogP contribution in [0.4, 0.5) is 4.39 Å². The van der Waals surface area contributed by atoms with E-state index in [1.54, 1.807) is 4.90 Å². The second-order valence-electron chi connectivity index (χ2n) is 9.01. The molecular weight excluding hydrogens is 405 g/mol. The van der Waals surface area contributed by atoms with Crippen molar-refractivity contribution in [2.24, 2.45) is 0 Å². The lowest BCUT2D eigenvalue weighted by atomic mass is 9.80. The summed E-state index contributed by atoms with van der Waals surface area (Å²) in [7, 11) is 0. The first-order valence-electron chi connectivity index (χ1n) is 11.1. The van der Waals surface area contributed by atoms with Crippen molar-refractivity contribution in [3.63, 3.8) is 0 Å². The van der Waals surface area contributed by atoms with Gasteiger partial charge in [-0.25, -0.2) is 9.37 Å². The lowest BCUT2D eigenvalue weighted by Crippen LogP contribution is -2.72. The van der Waals surface area contributed by atoms with Gasteiger partial charge in [0.25, 0.3) is 5.91 Å². The molecule has 1 aromatic rings. The highest BCUT2D eigenvalue weighted by Crippen LogP contribution is 2.40. The van der Waals surface area contributed by atoms with Crippen LogP contribution in [0, 0.1) is 5.82 Å². The predicted molar refractivity (Wildman–Crippen MR) is 107 cm³/mol. The zero-order chi connectivity index (χ0) is 21.4. The molecule has 1 saturated carbocycles. The second-order valence-corrected chi connectivity index (χ2v) is 9.01. The molecule has 8 nitrogen and oxygen atoms in total. The number of halogens is 1. The van der Waals surface area contributed by atoms with E-state index in [-0.39, 0.29) is 54.8 Å². The van der Waals surface area contributed by atoms with E-state index in [0.717, 1.165) is 38.5 Å². The number of aromatic nitrogens is 1. The number of fused-ring (bicyclic) bond motifs is 5. The molecule has 2 saturated heterocycles. The Labute approximate surface area is 180 Å². The van der Waals surface area contributed by atoms with Gasteiger partial charge >= 0.3 is 0 Å². The summed E-state index contributed by atoms with van der Waals surface area (Å²) in [6.07, 6.45) is 6.02. The van der Waals surface area contributed by atoms with E-state index in [4.69, 9.17) is 14.2 Å². The maximum absolute atomic E-state index is 14.7. The van der Waals surface area contributed by atoms with Crippen LogP contribution in [0.2, 0.25) is 0 Å². The molecular formula is C22H28FN3O5. The van der Waals surface area contributed by atoms with E-state index in [2.05, 4.69) is 10.3 Å². The van der Waals surface area contributed by atoms with E-state index in [1.807, 2.05) is 0 Å². The molecule has 1 aliphatic carbocycles. The first-order chi connectivity index (χ1) is 15.1. The van der Waals surface area contributed by atoms with E-state index in [1.165, 1.54) is 12.3 Å². The number of rotatable bonds is 0. The Bertz CT molecular complexity index is 856. The molecule has 5 aliphatic rings. The smallest absolute Gasteiger partial charge is 0.260 e. The lowest BCUT2D eigenvalue weighted by molar-refractivity contribution is -0.156. The summed E-state index contributed by atoms with van der Waals surface area (Å²) in [6.45, 7) is 1.01. The minimum Gasteiger partial charge on any atom is -0.467 e. The molecule has 1 aromatic heterocycles. The van der Waals surface area contributed by atoms with E-state index >= 15 is 0 Å². The van der Waals surface area contributed by atoms with Crippen molar-refractivity contribution >= 4 is 11.8 Å². The standard InChI is InChI=1S/C22H28FN3O5/c23-16-6-8-24-21-20(16)14-2-4-15(5-3-14)30-10-17-22(13-29-11-18(27)25-22)7-1-9-26(17)19(28)12-31-21/h6,8,14-15,17H,1-5,7,9-13H2,(H,25,27)/t14-,15+,17-,22+/m0/s1. The first-order valence-corrected chi connectivity index (χ1v) is 11.1. The van der Waals surface area contributed by atoms with Crippen LogP contribution in [0.1, 0.15) is 50.0 Å². The molecule has 6 rings (SSSR count). The molecule has 0 unspecified atom stereocenters. The summed E-state index contributed by atoms with van der Waals surface area (Å²) in [5.41, 5.74) is -0.198. The Morgan fingerprint density at radius 3 is 2.84 bits per heavy atom. The van der Waals surface area contributed by atoms with Crippen LogP contribution in [-0.4, -0.2) is 72.4 Å². The van der Waals surface area contributed by atoms with Crippen LogP contribution in [0.25, 0.3) is 0 Å². The first kappa shape index (κ1) is 20.6. The zero-order valence-electron chi connectivity index (χ0n) is 17.5. The monoisotopic (exact) mass is 433 g/mol. The van der Waals surface area contributed by atoms with Gasteiger partial charge in [0.2, 0.25) is 11.8 Å². The molecule has 0 aromatic carbocycles. The van der Waals surface area contributed by atoms with Gasteiger partial charge in [-0.05, 0) is 50.5 Å². The largest absolute Gasteiger partial charge is 0.467 e. The molecule has 2 bridgehead atoms. The number of amides is 2. The second kappa shape index (κ2) is 8.35. The highest BCUT2D eigenvalue weighted by atomic mass is 19.1. The fraction of sp³-hybridized carbons (Fsp3) is 0.682. The van der Waals surface area contributed by atoms with Crippen molar-refractivity contribution < 1.29 is 28.2 Å². The molecule has 2 amide bonds. The number of piperidine rings is 1. The molecule has 9 heteroatoms. The minimum absolute atomic E-state index is 0.000589. The van der Waals surface area contributed by atoms with Gasteiger partial charge in [0.05, 0.1) is 36.5 Å². The predicted octanol–water partition coefficient (Wildman–Crippen LogP) is 1.53. The SMILES string of the molecule is O=C1COC[C@@]2(CCCN3C(=O)COc4nccc(F)c4[C@H]4CC[C@H](CC4)OC[C@H]32)N1. The van der Waals surface area contributed by atoms with Crippen LogP contribution in [0.3, 0.4) is 0 Å². The Morgan fingerprint density at radius 2 is 2.03 bits per heavy atom. The Hall–Kier alpha value is -2.26. The number of carbonyl (C=O) groups excluding carboxylic acids is 2. The third-order valence-corrected chi connectivity index (χ3v) is 7.14. The zero-order valence-corrected chi connectivity index (χ0v) is 17.5. The maximum Gasteiger partial charge on any atom is 0.260 e. The summed E-state index contributed by atoms with van der Waals surface area (Å²) < 4.78 is 32.3. The summed E-state index contributed by atoms with van der Waals surface area (Å²) in [5.74, 6) is -0.535. The van der Waals surface area contributed by atoms with Gasteiger partial charge in [-0.2, -0.15) is 0 Å². The average molecular weight is 433 g/mol. The topological polar surface area (TPSA) is 90.0 Å². The quantitative estimate of drug-likeness (QED) is 0.668. The highest BCUT2D eigenvalue weighted by molar-refractivity contribution is 5.81. The van der Waals surface area contributed by atoms with Crippen LogP contribution in [0.5, 0.6) is 5.88 Å². The molecule has 168 valence electrons. The molecule has 2 atom stereocenters. The normalized spacial score (nSPS) is 34.0. The third kappa shape index (κ3) is 3.89. The van der Waals surface area contributed by atoms with Gasteiger partial charge in [-0.3, -0.25) is 9.59 Å². The van der Waals surface area contributed by atoms with Gasteiger partial charge in [0.1, 0.15) is 12.4 Å². The minimum atomic E-state index is -0.664. The molecule has 0 radical (unpaired) electrons. The summed E-state index contributed by atoms with van der Waals surface area (Å²) in [6, 6.07) is 1.00. The molecule has 4 aliphatic heterocycles. The number of nitrogens with one attached hydrogen (secondary N) is 1. The maximum atomic E-state index is 14.7. The summed E-state index contributed by atoms with van der Waals surface area (Å²) >= 11 is 0.